The summed E-state index contributed by atoms with van der Waals surface area (Å²) in [5.41, 5.74) is 3.40. The van der Waals surface area contributed by atoms with E-state index >= 15 is 0 Å². The molecule has 0 fully saturated rings. The monoisotopic (exact) mass is 308 g/mol. The number of oxazole rings is 2. The van der Waals surface area contributed by atoms with Crippen LogP contribution in [0.4, 0.5) is 0 Å². The molecule has 0 atom stereocenters. The van der Waals surface area contributed by atoms with E-state index in [1.54, 1.807) is 25.1 Å². The first-order valence-electron chi connectivity index (χ1n) is 7.02. The zero-order valence-corrected chi connectivity index (χ0v) is 12.5. The van der Waals surface area contributed by atoms with Gasteiger partial charge in [-0.3, -0.25) is 0 Å². The lowest BCUT2D eigenvalue weighted by molar-refractivity contribution is 0.0602. The molecule has 4 aromatic rings. The van der Waals surface area contributed by atoms with Gasteiger partial charge in [-0.1, -0.05) is 12.1 Å². The van der Waals surface area contributed by atoms with Gasteiger partial charge in [-0.15, -0.1) is 0 Å². The van der Waals surface area contributed by atoms with E-state index in [0.29, 0.717) is 45.1 Å². The first-order valence-corrected chi connectivity index (χ1v) is 7.02. The second-order valence-corrected chi connectivity index (χ2v) is 5.05. The maximum Gasteiger partial charge on any atom is 0.340 e. The second-order valence-electron chi connectivity index (χ2n) is 5.05. The molecule has 0 unspecified atom stereocenters. The van der Waals surface area contributed by atoms with Gasteiger partial charge in [0.25, 0.3) is 0 Å². The molecule has 2 aromatic heterocycles. The summed E-state index contributed by atoms with van der Waals surface area (Å²) >= 11 is 0. The highest BCUT2D eigenvalue weighted by Gasteiger charge is 2.19. The molecule has 2 aromatic carbocycles. The summed E-state index contributed by atoms with van der Waals surface area (Å²) in [5.74, 6) is 0.500. The van der Waals surface area contributed by atoms with Gasteiger partial charge in [0, 0.05) is 6.92 Å². The molecule has 0 saturated heterocycles. The van der Waals surface area contributed by atoms with E-state index in [2.05, 4.69) is 9.97 Å². The van der Waals surface area contributed by atoms with Gasteiger partial charge in [0.2, 0.25) is 5.89 Å². The van der Waals surface area contributed by atoms with Crippen molar-refractivity contribution in [3.8, 4) is 11.5 Å². The van der Waals surface area contributed by atoms with Gasteiger partial charge in [-0.2, -0.15) is 0 Å². The van der Waals surface area contributed by atoms with Crippen LogP contribution in [0, 0.1) is 6.92 Å². The van der Waals surface area contributed by atoms with Gasteiger partial charge < -0.3 is 13.6 Å². The highest BCUT2D eigenvalue weighted by molar-refractivity contribution is 6.02. The van der Waals surface area contributed by atoms with Crippen molar-refractivity contribution >= 4 is 28.2 Å². The van der Waals surface area contributed by atoms with Crippen molar-refractivity contribution < 1.29 is 18.4 Å². The summed E-state index contributed by atoms with van der Waals surface area (Å²) in [6.07, 6.45) is 0. The van der Waals surface area contributed by atoms with E-state index in [4.69, 9.17) is 13.6 Å². The average molecular weight is 308 g/mol. The van der Waals surface area contributed by atoms with Crippen molar-refractivity contribution in [2.75, 3.05) is 7.11 Å². The van der Waals surface area contributed by atoms with Crippen LogP contribution >= 0.6 is 0 Å². The third-order valence-corrected chi connectivity index (χ3v) is 3.58. The molecule has 0 N–H and O–H groups in total. The molecule has 0 bridgehead atoms. The van der Waals surface area contributed by atoms with Crippen LogP contribution in [0.15, 0.2) is 45.2 Å². The summed E-state index contributed by atoms with van der Waals surface area (Å²) in [6.45, 7) is 1.78. The quantitative estimate of drug-likeness (QED) is 0.525. The minimum Gasteiger partial charge on any atom is -0.465 e. The number of carbonyl (C=O) groups excluding carboxylic acids is 1. The number of methoxy groups -OCH3 is 1. The Labute approximate surface area is 130 Å². The first-order chi connectivity index (χ1) is 11.2. The van der Waals surface area contributed by atoms with Gasteiger partial charge in [-0.25, -0.2) is 14.8 Å². The average Bonchev–Trinajstić information content (AvgIpc) is 3.15. The molecule has 114 valence electrons. The number of aromatic nitrogens is 2. The third kappa shape index (κ3) is 2.07. The Bertz CT molecular complexity index is 1050. The van der Waals surface area contributed by atoms with Crippen LogP contribution in [0.5, 0.6) is 0 Å². The summed E-state index contributed by atoms with van der Waals surface area (Å²) in [6, 6.07) is 10.7. The largest absolute Gasteiger partial charge is 0.465 e. The van der Waals surface area contributed by atoms with Crippen LogP contribution in [0.3, 0.4) is 0 Å². The van der Waals surface area contributed by atoms with Crippen molar-refractivity contribution in [2.45, 2.75) is 6.92 Å². The molecule has 0 radical (unpaired) electrons. The summed E-state index contributed by atoms with van der Waals surface area (Å²) in [7, 11) is 1.33. The van der Waals surface area contributed by atoms with Crippen molar-refractivity contribution in [3.05, 3.63) is 47.9 Å². The number of ether oxygens (including phenoxy) is 1. The molecule has 2 heterocycles. The van der Waals surface area contributed by atoms with Gasteiger partial charge in [-0.05, 0) is 24.3 Å². The van der Waals surface area contributed by atoms with Crippen LogP contribution in [0.25, 0.3) is 33.7 Å². The Morgan fingerprint density at radius 3 is 2.52 bits per heavy atom. The molecule has 23 heavy (non-hydrogen) atoms. The van der Waals surface area contributed by atoms with E-state index in [1.807, 2.05) is 18.2 Å². The number of carbonyl (C=O) groups is 1. The molecule has 0 saturated carbocycles. The minimum atomic E-state index is -0.453. The first kappa shape index (κ1) is 13.5. The fourth-order valence-electron chi connectivity index (χ4n) is 2.57. The normalized spacial score (nSPS) is 11.2. The van der Waals surface area contributed by atoms with Crippen molar-refractivity contribution in [3.63, 3.8) is 0 Å². The number of fused-ring (bicyclic) bond motifs is 2. The maximum atomic E-state index is 11.9. The van der Waals surface area contributed by atoms with Crippen LogP contribution in [-0.2, 0) is 4.74 Å². The number of aryl methyl sites for hydroxylation is 1. The highest BCUT2D eigenvalue weighted by atomic mass is 16.5. The highest BCUT2D eigenvalue weighted by Crippen LogP contribution is 2.31. The summed E-state index contributed by atoms with van der Waals surface area (Å²) in [4.78, 5) is 20.7. The Morgan fingerprint density at radius 2 is 1.74 bits per heavy atom. The van der Waals surface area contributed by atoms with Crippen molar-refractivity contribution in [1.29, 1.82) is 0 Å². The molecule has 4 rings (SSSR count). The molecule has 6 nitrogen and oxygen atoms in total. The van der Waals surface area contributed by atoms with Gasteiger partial charge in [0.05, 0.1) is 18.2 Å². The smallest absolute Gasteiger partial charge is 0.340 e. The molecular formula is C17H12N2O4. The number of nitrogens with zero attached hydrogens (tertiary/aromatic N) is 2. The van der Waals surface area contributed by atoms with Crippen LogP contribution in [0.2, 0.25) is 0 Å². The SMILES string of the molecule is COC(=O)c1cccc2oc(-c3cccc4oc(C)nc34)nc12. The minimum absolute atomic E-state index is 0.364. The molecule has 6 heteroatoms. The molecule has 0 aliphatic heterocycles. The maximum absolute atomic E-state index is 11.9. The molecule has 0 aliphatic rings. The fraction of sp³-hybridized carbons (Fsp3) is 0.118. The van der Waals surface area contributed by atoms with Gasteiger partial charge in [0.1, 0.15) is 11.0 Å². The standard InChI is InChI=1S/C17H12N2O4/c1-9-18-14-10(5-3-7-12(14)22-9)16-19-15-11(17(20)21-2)6-4-8-13(15)23-16/h3-8H,1-2H3. The molecule has 0 aliphatic carbocycles. The molecular weight excluding hydrogens is 296 g/mol. The number of hydrogen-bond acceptors (Lipinski definition) is 6. The lowest BCUT2D eigenvalue weighted by Crippen LogP contribution is -2.01. The zero-order valence-electron chi connectivity index (χ0n) is 12.5. The zero-order chi connectivity index (χ0) is 16.0. The number of esters is 1. The number of hydrogen-bond donors (Lipinski definition) is 0. The number of rotatable bonds is 2. The lowest BCUT2D eigenvalue weighted by Gasteiger charge is -1.97. The molecule has 0 amide bonds. The van der Waals surface area contributed by atoms with Crippen molar-refractivity contribution in [1.82, 2.24) is 9.97 Å². The van der Waals surface area contributed by atoms with E-state index in [-0.39, 0.29) is 0 Å². The molecule has 0 spiro atoms. The Hall–Kier alpha value is -3.15. The van der Waals surface area contributed by atoms with Crippen LogP contribution < -0.4 is 0 Å². The van der Waals surface area contributed by atoms with E-state index in [0.717, 1.165) is 0 Å². The second kappa shape index (κ2) is 4.95. The van der Waals surface area contributed by atoms with Crippen LogP contribution in [0.1, 0.15) is 16.2 Å². The third-order valence-electron chi connectivity index (χ3n) is 3.58. The van der Waals surface area contributed by atoms with Gasteiger partial charge >= 0.3 is 5.97 Å². The predicted molar refractivity (Wildman–Crippen MR) is 83.1 cm³/mol. The Morgan fingerprint density at radius 1 is 1.00 bits per heavy atom. The Kier molecular flexibility index (Phi) is 2.90. The van der Waals surface area contributed by atoms with Crippen molar-refractivity contribution in [2.24, 2.45) is 0 Å². The summed E-state index contributed by atoms with van der Waals surface area (Å²) < 4.78 is 16.1. The topological polar surface area (TPSA) is 78.4 Å². The fourth-order valence-corrected chi connectivity index (χ4v) is 2.57. The predicted octanol–water partition coefficient (Wildman–Crippen LogP) is 3.73. The lowest BCUT2D eigenvalue weighted by atomic mass is 10.2. The Balaban J connectivity index is 1.97. The van der Waals surface area contributed by atoms with E-state index in [9.17, 15) is 4.79 Å². The van der Waals surface area contributed by atoms with E-state index < -0.39 is 5.97 Å². The van der Waals surface area contributed by atoms with E-state index in [1.165, 1.54) is 7.11 Å². The number of benzene rings is 2. The van der Waals surface area contributed by atoms with Crippen LogP contribution in [-0.4, -0.2) is 23.0 Å². The van der Waals surface area contributed by atoms with Gasteiger partial charge in [0.15, 0.2) is 17.1 Å². The summed E-state index contributed by atoms with van der Waals surface area (Å²) in [5, 5.41) is 0. The number of para-hydroxylation sites is 2.